The second kappa shape index (κ2) is 7.60. The molecule has 0 aliphatic carbocycles. The van der Waals surface area contributed by atoms with E-state index in [1.807, 2.05) is 0 Å². The highest BCUT2D eigenvalue weighted by Crippen LogP contribution is 2.31. The van der Waals surface area contributed by atoms with Crippen LogP contribution in [0.4, 0.5) is 24.9 Å². The first kappa shape index (κ1) is 20.4. The van der Waals surface area contributed by atoms with Gasteiger partial charge >= 0.3 is 6.18 Å². The molecule has 1 saturated heterocycles. The normalized spacial score (nSPS) is 18.6. The number of hydrogen-bond acceptors (Lipinski definition) is 6. The number of rotatable bonds is 5. The lowest BCUT2D eigenvalue weighted by Crippen LogP contribution is -2.38. The Hall–Kier alpha value is -2.31. The van der Waals surface area contributed by atoms with Gasteiger partial charge in [-0.1, -0.05) is 0 Å². The smallest absolute Gasteiger partial charge is 0.309 e. The summed E-state index contributed by atoms with van der Waals surface area (Å²) in [6.07, 6.45) is -1.37. The Labute approximate surface area is 160 Å². The van der Waals surface area contributed by atoms with Crippen LogP contribution in [0.3, 0.4) is 0 Å². The first-order valence-corrected chi connectivity index (χ1v) is 9.78. The Morgan fingerprint density at radius 1 is 1.21 bits per heavy atom. The molecule has 152 valence electrons. The van der Waals surface area contributed by atoms with Gasteiger partial charge in [0.15, 0.2) is 0 Å². The molecule has 1 aliphatic rings. The largest absolute Gasteiger partial charge is 0.416 e. The fourth-order valence-corrected chi connectivity index (χ4v) is 4.03. The van der Waals surface area contributed by atoms with Gasteiger partial charge in [-0.25, -0.2) is 15.0 Å². The van der Waals surface area contributed by atoms with Crippen molar-refractivity contribution in [3.8, 4) is 0 Å². The number of alkyl halides is 3. The van der Waals surface area contributed by atoms with Gasteiger partial charge in [0.2, 0.25) is 5.95 Å². The molecule has 0 amide bonds. The SMILES string of the molecule is CN(C)S(=O)(=O)N1CC[C@H](c2ccnc(Nc3cc(C(F)(F)F)ccn3)n2)C1. The topological polar surface area (TPSA) is 91.3 Å². The van der Waals surface area contributed by atoms with Crippen LogP contribution in [0.5, 0.6) is 0 Å². The molecule has 1 aliphatic heterocycles. The minimum absolute atomic E-state index is 0.0322. The Kier molecular flexibility index (Phi) is 5.55. The van der Waals surface area contributed by atoms with Gasteiger partial charge in [0, 0.05) is 45.5 Å². The van der Waals surface area contributed by atoms with Crippen LogP contribution in [0.1, 0.15) is 23.6 Å². The molecule has 2 aromatic heterocycles. The zero-order valence-electron chi connectivity index (χ0n) is 15.2. The van der Waals surface area contributed by atoms with Crippen LogP contribution in [0.2, 0.25) is 0 Å². The lowest BCUT2D eigenvalue weighted by molar-refractivity contribution is -0.137. The molecule has 0 bridgehead atoms. The van der Waals surface area contributed by atoms with E-state index in [-0.39, 0.29) is 24.2 Å². The highest BCUT2D eigenvalue weighted by Gasteiger charge is 2.34. The fraction of sp³-hybridized carbons (Fsp3) is 0.438. The van der Waals surface area contributed by atoms with Crippen LogP contribution >= 0.6 is 0 Å². The molecule has 0 unspecified atom stereocenters. The van der Waals surface area contributed by atoms with Crippen LogP contribution in [0, 0.1) is 0 Å². The van der Waals surface area contributed by atoms with E-state index in [0.717, 1.165) is 22.6 Å². The molecule has 0 radical (unpaired) electrons. The van der Waals surface area contributed by atoms with E-state index < -0.39 is 21.9 Å². The summed E-state index contributed by atoms with van der Waals surface area (Å²) >= 11 is 0. The number of anilines is 2. The van der Waals surface area contributed by atoms with Crippen LogP contribution in [-0.2, 0) is 16.4 Å². The van der Waals surface area contributed by atoms with E-state index in [9.17, 15) is 21.6 Å². The van der Waals surface area contributed by atoms with Gasteiger partial charge in [-0.05, 0) is 24.6 Å². The van der Waals surface area contributed by atoms with E-state index in [2.05, 4.69) is 20.3 Å². The quantitative estimate of drug-likeness (QED) is 0.804. The zero-order valence-corrected chi connectivity index (χ0v) is 16.0. The van der Waals surface area contributed by atoms with Crippen LogP contribution < -0.4 is 5.32 Å². The maximum Gasteiger partial charge on any atom is 0.416 e. The van der Waals surface area contributed by atoms with Gasteiger partial charge in [0.1, 0.15) is 5.82 Å². The number of aromatic nitrogens is 3. The first-order valence-electron chi connectivity index (χ1n) is 8.38. The predicted octanol–water partition coefficient (Wildman–Crippen LogP) is 2.23. The molecular weight excluding hydrogens is 397 g/mol. The van der Waals surface area contributed by atoms with E-state index in [1.54, 1.807) is 6.07 Å². The highest BCUT2D eigenvalue weighted by molar-refractivity contribution is 7.86. The fourth-order valence-electron chi connectivity index (χ4n) is 2.86. The molecule has 0 saturated carbocycles. The van der Waals surface area contributed by atoms with Crippen molar-refractivity contribution in [2.45, 2.75) is 18.5 Å². The Morgan fingerprint density at radius 2 is 1.93 bits per heavy atom. The second-order valence-electron chi connectivity index (χ2n) is 6.49. The maximum absolute atomic E-state index is 12.8. The van der Waals surface area contributed by atoms with Crippen LogP contribution in [0.25, 0.3) is 0 Å². The van der Waals surface area contributed by atoms with E-state index in [0.29, 0.717) is 18.7 Å². The third-order valence-electron chi connectivity index (χ3n) is 4.36. The molecule has 0 spiro atoms. The molecule has 3 rings (SSSR count). The summed E-state index contributed by atoms with van der Waals surface area (Å²) in [7, 11) is -0.565. The van der Waals surface area contributed by atoms with Crippen molar-refractivity contribution in [2.24, 2.45) is 0 Å². The third kappa shape index (κ3) is 4.39. The summed E-state index contributed by atoms with van der Waals surface area (Å²) in [5.41, 5.74) is -0.220. The summed E-state index contributed by atoms with van der Waals surface area (Å²) < 4.78 is 65.5. The predicted molar refractivity (Wildman–Crippen MR) is 96.1 cm³/mol. The average molecular weight is 416 g/mol. The monoisotopic (exact) mass is 416 g/mol. The van der Waals surface area contributed by atoms with Gasteiger partial charge in [-0.2, -0.15) is 30.2 Å². The van der Waals surface area contributed by atoms with Crippen LogP contribution in [0.15, 0.2) is 30.6 Å². The summed E-state index contributed by atoms with van der Waals surface area (Å²) in [6.45, 7) is 0.645. The minimum Gasteiger partial charge on any atom is -0.309 e. The first-order chi connectivity index (χ1) is 13.1. The lowest BCUT2D eigenvalue weighted by atomic mass is 10.1. The summed E-state index contributed by atoms with van der Waals surface area (Å²) in [5, 5.41) is 2.67. The molecule has 8 nitrogen and oxygen atoms in total. The summed E-state index contributed by atoms with van der Waals surface area (Å²) in [6, 6.07) is 3.42. The summed E-state index contributed by atoms with van der Waals surface area (Å²) in [4.78, 5) is 12.2. The van der Waals surface area contributed by atoms with Gasteiger partial charge in [-0.15, -0.1) is 0 Å². The zero-order chi connectivity index (χ0) is 20.5. The lowest BCUT2D eigenvalue weighted by Gasteiger charge is -2.20. The van der Waals surface area contributed by atoms with E-state index in [1.165, 1.54) is 24.6 Å². The van der Waals surface area contributed by atoms with E-state index >= 15 is 0 Å². The standard InChI is InChI=1S/C16H19F3N6O2S/c1-24(2)28(26,27)25-8-5-11(10-25)13-4-7-21-15(22-13)23-14-9-12(3-6-20-14)16(17,18)19/h3-4,6-7,9,11H,5,8,10H2,1-2H3,(H,20,21,22,23)/t11-/m0/s1. The minimum atomic E-state index is -4.48. The van der Waals surface area contributed by atoms with Crippen molar-refractivity contribution in [2.75, 3.05) is 32.5 Å². The second-order valence-corrected chi connectivity index (χ2v) is 8.63. The van der Waals surface area contributed by atoms with Gasteiger partial charge in [-0.3, -0.25) is 0 Å². The molecule has 2 aromatic rings. The molecule has 0 aromatic carbocycles. The number of pyridine rings is 1. The maximum atomic E-state index is 12.8. The number of halogens is 3. The highest BCUT2D eigenvalue weighted by atomic mass is 32.2. The Balaban J connectivity index is 1.75. The average Bonchev–Trinajstić information content (AvgIpc) is 3.12. The number of hydrogen-bond donors (Lipinski definition) is 1. The summed E-state index contributed by atoms with van der Waals surface area (Å²) in [5.74, 6) is -0.0683. The van der Waals surface area contributed by atoms with E-state index in [4.69, 9.17) is 0 Å². The van der Waals surface area contributed by atoms with Crippen molar-refractivity contribution in [1.29, 1.82) is 0 Å². The molecule has 3 heterocycles. The molecule has 1 fully saturated rings. The Bertz CT molecular complexity index is 951. The number of nitrogens with zero attached hydrogens (tertiary/aromatic N) is 5. The van der Waals surface area contributed by atoms with Crippen molar-refractivity contribution >= 4 is 22.0 Å². The molecule has 28 heavy (non-hydrogen) atoms. The van der Waals surface area contributed by atoms with Gasteiger partial charge in [0.05, 0.1) is 11.3 Å². The number of nitrogens with one attached hydrogen (secondary N) is 1. The molecule has 1 N–H and O–H groups in total. The molecular formula is C16H19F3N6O2S. The molecule has 12 heteroatoms. The van der Waals surface area contributed by atoms with Crippen LogP contribution in [-0.4, -0.2) is 59.2 Å². The van der Waals surface area contributed by atoms with Crippen molar-refractivity contribution < 1.29 is 21.6 Å². The molecule has 1 atom stereocenters. The Morgan fingerprint density at radius 3 is 2.61 bits per heavy atom. The van der Waals surface area contributed by atoms with Gasteiger partial charge in [0.25, 0.3) is 10.2 Å². The van der Waals surface area contributed by atoms with Gasteiger partial charge < -0.3 is 5.32 Å². The van der Waals surface area contributed by atoms with Crippen molar-refractivity contribution in [1.82, 2.24) is 23.6 Å². The van der Waals surface area contributed by atoms with Crippen molar-refractivity contribution in [3.63, 3.8) is 0 Å². The van der Waals surface area contributed by atoms with Crippen molar-refractivity contribution in [3.05, 3.63) is 41.9 Å². The third-order valence-corrected chi connectivity index (χ3v) is 6.27.